The molecule has 2 amide bonds. The highest BCUT2D eigenvalue weighted by Gasteiger charge is 2.18. The number of hydrogen-bond acceptors (Lipinski definition) is 6. The minimum atomic E-state index is -0.549. The van der Waals surface area contributed by atoms with Crippen LogP contribution in [0, 0.1) is 6.07 Å². The van der Waals surface area contributed by atoms with Gasteiger partial charge in [-0.15, -0.1) is 11.3 Å². The summed E-state index contributed by atoms with van der Waals surface area (Å²) in [6, 6.07) is 16.9. The minimum Gasteiger partial charge on any atom is -0.486 e. The summed E-state index contributed by atoms with van der Waals surface area (Å²) in [5.74, 6) is 1.71. The second-order valence-corrected chi connectivity index (χ2v) is 10.1. The van der Waals surface area contributed by atoms with Crippen molar-refractivity contribution in [3.05, 3.63) is 52.9 Å². The Hall–Kier alpha value is -3.48. The van der Waals surface area contributed by atoms with Crippen LogP contribution in [0.2, 0.25) is 0 Å². The molecule has 0 atom stereocenters. The van der Waals surface area contributed by atoms with Crippen molar-refractivity contribution >= 4 is 38.1 Å². The van der Waals surface area contributed by atoms with Crippen LogP contribution in [0.4, 0.5) is 15.5 Å². The van der Waals surface area contributed by atoms with E-state index in [1.807, 2.05) is 30.3 Å². The highest BCUT2D eigenvalue weighted by Crippen LogP contribution is 2.34. The molecule has 0 radical (unpaired) electrons. The van der Waals surface area contributed by atoms with Gasteiger partial charge in [0.15, 0.2) is 11.5 Å². The number of anilines is 2. The summed E-state index contributed by atoms with van der Waals surface area (Å²) in [5.41, 5.74) is 7.36. The number of unbranched alkanes of at least 4 members (excludes halogenated alkanes) is 1. The predicted octanol–water partition coefficient (Wildman–Crippen LogP) is 4.84. The number of amides is 2. The number of nitrogens with two attached hydrogens (primary N) is 1. The molecule has 0 saturated carbocycles. The third-order valence-corrected chi connectivity index (χ3v) is 7.48. The van der Waals surface area contributed by atoms with Gasteiger partial charge in [-0.2, -0.15) is 0 Å². The normalized spacial score (nSPS) is 15.7. The van der Waals surface area contributed by atoms with E-state index in [-0.39, 0.29) is 0 Å². The first kappa shape index (κ1) is 24.2. The minimum absolute atomic E-state index is 0.549. The lowest BCUT2D eigenvalue weighted by Gasteiger charge is -2.26. The number of nitrogens with zero attached hydrogens (tertiary/aromatic N) is 3. The van der Waals surface area contributed by atoms with E-state index in [0.717, 1.165) is 90.7 Å². The van der Waals surface area contributed by atoms with Gasteiger partial charge in [0.25, 0.3) is 6.54 Å². The Kier molecular flexibility index (Phi) is 7.74. The van der Waals surface area contributed by atoms with Crippen LogP contribution in [0.25, 0.3) is 14.9 Å². The van der Waals surface area contributed by atoms with Crippen LogP contribution in [-0.4, -0.2) is 63.4 Å². The standard InChI is InChI=1S/C27H31N5O3S/c28-27(33)30-26-17-21-16-20(4-7-25(21)36-26)19-29-8-1-2-9-31-10-3-11-32(13-12-31)22-5-6-23-24(18-22)35-15-14-34-23/h4-7,16-18H,1-3,8-15H2,(H2-,28,30,33)/p+1. The first-order valence-electron chi connectivity index (χ1n) is 12.5. The van der Waals surface area contributed by atoms with Crippen molar-refractivity contribution in [1.29, 1.82) is 0 Å². The number of carbonyl (C=O) groups excluding carboxylic acids is 1. The van der Waals surface area contributed by atoms with Gasteiger partial charge in [0.05, 0.1) is 5.00 Å². The molecule has 0 bridgehead atoms. The summed E-state index contributed by atoms with van der Waals surface area (Å²) in [7, 11) is 0. The second kappa shape index (κ2) is 11.5. The van der Waals surface area contributed by atoms with Crippen molar-refractivity contribution in [1.82, 2.24) is 4.90 Å². The molecule has 3 N–H and O–H groups in total. The molecule has 188 valence electrons. The summed E-state index contributed by atoms with van der Waals surface area (Å²) >= 11 is 1.50. The number of carbonyl (C=O) groups is 1. The van der Waals surface area contributed by atoms with E-state index in [2.05, 4.69) is 38.2 Å². The van der Waals surface area contributed by atoms with Crippen molar-refractivity contribution in [2.24, 2.45) is 5.73 Å². The fourth-order valence-electron chi connectivity index (χ4n) is 4.65. The maximum absolute atomic E-state index is 11.1. The number of hydrogen-bond donors (Lipinski definition) is 2. The monoisotopic (exact) mass is 506 g/mol. The molecule has 0 spiro atoms. The lowest BCUT2D eigenvalue weighted by Crippen LogP contribution is -2.31. The van der Waals surface area contributed by atoms with Crippen molar-refractivity contribution in [3.8, 4) is 17.6 Å². The van der Waals surface area contributed by atoms with Crippen molar-refractivity contribution in [2.75, 3.05) is 62.7 Å². The maximum Gasteiger partial charge on any atom is 0.317 e. The SMILES string of the molecule is NC(=O)Nc1cc2cc(C#[N+]CCCCN3CCCN(c4ccc5c(c4)OCCO5)CC3)ccc2s1. The van der Waals surface area contributed by atoms with Crippen molar-refractivity contribution in [3.63, 3.8) is 0 Å². The molecule has 9 heteroatoms. The third kappa shape index (κ3) is 6.20. The molecule has 1 saturated heterocycles. The summed E-state index contributed by atoms with van der Waals surface area (Å²) in [6.07, 6.45) is 3.33. The van der Waals surface area contributed by atoms with Gasteiger partial charge in [-0.25, -0.2) is 4.79 Å². The zero-order chi connectivity index (χ0) is 24.7. The Balaban J connectivity index is 1.05. The van der Waals surface area contributed by atoms with Crippen LogP contribution < -0.4 is 25.4 Å². The molecule has 8 nitrogen and oxygen atoms in total. The van der Waals surface area contributed by atoms with Crippen LogP contribution in [0.5, 0.6) is 11.5 Å². The Labute approximate surface area is 215 Å². The van der Waals surface area contributed by atoms with Gasteiger partial charge in [-0.3, -0.25) is 5.32 Å². The van der Waals surface area contributed by atoms with E-state index in [4.69, 9.17) is 15.2 Å². The first-order chi connectivity index (χ1) is 17.6. The van der Waals surface area contributed by atoms with Crippen LogP contribution >= 0.6 is 11.3 Å². The summed E-state index contributed by atoms with van der Waals surface area (Å²) in [4.78, 5) is 20.6. The van der Waals surface area contributed by atoms with E-state index in [1.165, 1.54) is 17.0 Å². The number of benzene rings is 2. The highest BCUT2D eigenvalue weighted by atomic mass is 32.1. The van der Waals surface area contributed by atoms with Crippen LogP contribution in [-0.2, 0) is 0 Å². The predicted molar refractivity (Wildman–Crippen MR) is 146 cm³/mol. The molecule has 2 aliphatic heterocycles. The number of urea groups is 1. The molecule has 5 rings (SSSR count). The van der Waals surface area contributed by atoms with Gasteiger partial charge in [0, 0.05) is 42.5 Å². The Morgan fingerprint density at radius 3 is 2.81 bits per heavy atom. The third-order valence-electron chi connectivity index (χ3n) is 6.44. The van der Waals surface area contributed by atoms with E-state index in [0.29, 0.717) is 13.2 Å². The fourth-order valence-corrected chi connectivity index (χ4v) is 5.60. The average Bonchev–Trinajstić information content (AvgIpc) is 3.12. The molecule has 36 heavy (non-hydrogen) atoms. The van der Waals surface area contributed by atoms with Gasteiger partial charge in [0.1, 0.15) is 18.8 Å². The molecular formula is C27H32N5O3S+. The smallest absolute Gasteiger partial charge is 0.317 e. The Bertz CT molecular complexity index is 1280. The summed E-state index contributed by atoms with van der Waals surface area (Å²) < 4.78 is 12.5. The quantitative estimate of drug-likeness (QED) is 0.468. The largest absolute Gasteiger partial charge is 0.486 e. The molecule has 3 aromatic rings. The zero-order valence-corrected chi connectivity index (χ0v) is 21.2. The van der Waals surface area contributed by atoms with E-state index in [1.54, 1.807) is 0 Å². The van der Waals surface area contributed by atoms with Gasteiger partial charge in [-0.1, -0.05) is 4.85 Å². The zero-order valence-electron chi connectivity index (χ0n) is 20.4. The number of rotatable bonds is 6. The van der Waals surface area contributed by atoms with Crippen LogP contribution in [0.1, 0.15) is 24.8 Å². The van der Waals surface area contributed by atoms with E-state index < -0.39 is 6.03 Å². The second-order valence-electron chi connectivity index (χ2n) is 9.06. The molecule has 2 aliphatic rings. The number of fused-ring (bicyclic) bond motifs is 2. The fraction of sp³-hybridized carbons (Fsp3) is 0.407. The van der Waals surface area contributed by atoms with Gasteiger partial charge in [0.2, 0.25) is 0 Å². The Morgan fingerprint density at radius 1 is 1.03 bits per heavy atom. The van der Waals surface area contributed by atoms with Gasteiger partial charge < -0.3 is 25.0 Å². The van der Waals surface area contributed by atoms with Crippen LogP contribution in [0.15, 0.2) is 42.5 Å². The summed E-state index contributed by atoms with van der Waals surface area (Å²) in [6.45, 7) is 7.39. The lowest BCUT2D eigenvalue weighted by atomic mass is 10.2. The number of nitrogens with one attached hydrogen (secondary N) is 1. The topological polar surface area (TPSA) is 84.4 Å². The van der Waals surface area contributed by atoms with Crippen molar-refractivity contribution in [2.45, 2.75) is 19.3 Å². The summed E-state index contributed by atoms with van der Waals surface area (Å²) in [5, 5.41) is 4.43. The van der Waals surface area contributed by atoms with Crippen LogP contribution in [0.3, 0.4) is 0 Å². The highest BCUT2D eigenvalue weighted by molar-refractivity contribution is 7.22. The first-order valence-corrected chi connectivity index (χ1v) is 13.4. The Morgan fingerprint density at radius 2 is 1.92 bits per heavy atom. The number of ether oxygens (including phenoxy) is 2. The lowest BCUT2D eigenvalue weighted by molar-refractivity contribution is 0.171. The molecule has 1 aromatic heterocycles. The maximum atomic E-state index is 11.1. The van der Waals surface area contributed by atoms with Crippen molar-refractivity contribution < 1.29 is 14.3 Å². The molecule has 0 aliphatic carbocycles. The molecule has 3 heterocycles. The van der Waals surface area contributed by atoms with Gasteiger partial charge in [-0.05, 0) is 67.7 Å². The molecule has 2 aromatic carbocycles. The number of primary amides is 1. The van der Waals surface area contributed by atoms with Gasteiger partial charge >= 0.3 is 12.1 Å². The van der Waals surface area contributed by atoms with E-state index in [9.17, 15) is 4.79 Å². The van der Waals surface area contributed by atoms with E-state index >= 15 is 0 Å². The average molecular weight is 507 g/mol. The molecule has 0 unspecified atom stereocenters. The molecular weight excluding hydrogens is 474 g/mol. The molecule has 1 fully saturated rings. The number of thiophene rings is 1.